The summed E-state index contributed by atoms with van der Waals surface area (Å²) in [6.07, 6.45) is -3.57. The van der Waals surface area contributed by atoms with E-state index < -0.39 is 35.6 Å². The Balaban J connectivity index is 1.88. The lowest BCUT2D eigenvalue weighted by molar-refractivity contribution is -0.152. The molecule has 1 aromatic rings. The number of hydrogen-bond donors (Lipinski definition) is 2. The van der Waals surface area contributed by atoms with E-state index in [-0.39, 0.29) is 11.6 Å². The molecule has 2 unspecified atom stereocenters. The van der Waals surface area contributed by atoms with E-state index in [1.54, 1.807) is 0 Å². The summed E-state index contributed by atoms with van der Waals surface area (Å²) in [4.78, 5) is 25.8. The van der Waals surface area contributed by atoms with Crippen molar-refractivity contribution in [2.24, 2.45) is 11.8 Å². The highest BCUT2D eigenvalue weighted by molar-refractivity contribution is 7.09. The highest BCUT2D eigenvalue weighted by atomic mass is 32.1. The Labute approximate surface area is 115 Å². The molecule has 1 aliphatic rings. The largest absolute Gasteiger partial charge is 0.481 e. The smallest absolute Gasteiger partial charge is 0.434 e. The fourth-order valence-corrected chi connectivity index (χ4v) is 2.67. The van der Waals surface area contributed by atoms with E-state index in [2.05, 4.69) is 10.3 Å². The van der Waals surface area contributed by atoms with Gasteiger partial charge in [0.15, 0.2) is 5.69 Å². The van der Waals surface area contributed by atoms with E-state index >= 15 is 0 Å². The van der Waals surface area contributed by atoms with Crippen molar-refractivity contribution in [2.45, 2.75) is 25.6 Å². The minimum absolute atomic E-state index is 0.123. The fraction of sp³-hybridized carbons (Fsp3) is 0.545. The molecule has 9 heteroatoms. The first-order valence-electron chi connectivity index (χ1n) is 5.81. The van der Waals surface area contributed by atoms with Gasteiger partial charge >= 0.3 is 12.1 Å². The van der Waals surface area contributed by atoms with Crippen LogP contribution in [0.25, 0.3) is 0 Å². The summed E-state index contributed by atoms with van der Waals surface area (Å²) in [5, 5.41) is 12.3. The number of nitrogens with zero attached hydrogens (tertiary/aromatic N) is 1. The highest BCUT2D eigenvalue weighted by Gasteiger charge is 2.41. The molecule has 1 heterocycles. The molecule has 20 heavy (non-hydrogen) atoms. The van der Waals surface area contributed by atoms with E-state index in [0.717, 1.165) is 16.7 Å². The van der Waals surface area contributed by atoms with Crippen LogP contribution in [0.5, 0.6) is 0 Å². The van der Waals surface area contributed by atoms with Gasteiger partial charge in [0.2, 0.25) is 5.91 Å². The molecule has 0 spiro atoms. The van der Waals surface area contributed by atoms with E-state index in [1.165, 1.54) is 0 Å². The highest BCUT2D eigenvalue weighted by Crippen LogP contribution is 2.34. The quantitative estimate of drug-likeness (QED) is 0.890. The Hall–Kier alpha value is -1.64. The van der Waals surface area contributed by atoms with Gasteiger partial charge in [0.25, 0.3) is 0 Å². The number of aliphatic carboxylic acids is 1. The van der Waals surface area contributed by atoms with Gasteiger partial charge in [-0.25, -0.2) is 4.98 Å². The Kier molecular flexibility index (Phi) is 3.98. The molecular formula is C11H11F3N2O3S. The van der Waals surface area contributed by atoms with Crippen molar-refractivity contribution in [1.82, 2.24) is 10.3 Å². The van der Waals surface area contributed by atoms with Gasteiger partial charge in [-0.1, -0.05) is 0 Å². The Morgan fingerprint density at radius 3 is 2.50 bits per heavy atom. The van der Waals surface area contributed by atoms with Crippen LogP contribution in [0, 0.1) is 11.8 Å². The summed E-state index contributed by atoms with van der Waals surface area (Å²) < 4.78 is 37.0. The average Bonchev–Trinajstić information content (AvgIpc) is 2.71. The molecule has 1 amide bonds. The minimum Gasteiger partial charge on any atom is -0.481 e. The molecule has 0 aliphatic heterocycles. The van der Waals surface area contributed by atoms with Crippen LogP contribution in [-0.2, 0) is 22.3 Å². The molecule has 0 saturated heterocycles. The Morgan fingerprint density at radius 2 is 2.05 bits per heavy atom. The molecule has 5 nitrogen and oxygen atoms in total. The van der Waals surface area contributed by atoms with Crippen LogP contribution in [0.15, 0.2) is 5.38 Å². The predicted molar refractivity (Wildman–Crippen MR) is 62.8 cm³/mol. The summed E-state index contributed by atoms with van der Waals surface area (Å²) >= 11 is 0.801. The van der Waals surface area contributed by atoms with Gasteiger partial charge < -0.3 is 10.4 Å². The standard InChI is InChI=1S/C11H11F3N2O3S/c12-11(13,14)7-4-20-8(16-7)3-15-9(17)5-1-2-6(5)10(18)19/h4-6H,1-3H2,(H,15,17)(H,18,19). The monoisotopic (exact) mass is 308 g/mol. The number of amides is 1. The van der Waals surface area contributed by atoms with Gasteiger partial charge in [0, 0.05) is 5.38 Å². The maximum Gasteiger partial charge on any atom is 0.434 e. The summed E-state index contributed by atoms with van der Waals surface area (Å²) in [6.45, 7) is -0.123. The third-order valence-corrected chi connectivity index (χ3v) is 4.03. The number of hydrogen-bond acceptors (Lipinski definition) is 4. The lowest BCUT2D eigenvalue weighted by Gasteiger charge is -2.31. The van der Waals surface area contributed by atoms with Crippen LogP contribution >= 0.6 is 11.3 Å². The second-order valence-corrected chi connectivity index (χ2v) is 5.41. The van der Waals surface area contributed by atoms with Crippen molar-refractivity contribution < 1.29 is 27.9 Å². The first-order chi connectivity index (χ1) is 9.29. The van der Waals surface area contributed by atoms with E-state index in [0.29, 0.717) is 12.8 Å². The number of carbonyl (C=O) groups excluding carboxylic acids is 1. The molecule has 2 N–H and O–H groups in total. The molecule has 0 bridgehead atoms. The zero-order valence-electron chi connectivity index (χ0n) is 10.1. The summed E-state index contributed by atoms with van der Waals surface area (Å²) in [5.41, 5.74) is -0.987. The second-order valence-electron chi connectivity index (χ2n) is 4.47. The number of thiazole rings is 1. The topological polar surface area (TPSA) is 79.3 Å². The van der Waals surface area contributed by atoms with Crippen molar-refractivity contribution in [3.05, 3.63) is 16.1 Å². The normalized spacial score (nSPS) is 22.1. The first-order valence-corrected chi connectivity index (χ1v) is 6.69. The maximum absolute atomic E-state index is 12.3. The molecule has 1 aromatic heterocycles. The van der Waals surface area contributed by atoms with Gasteiger partial charge in [-0.05, 0) is 12.8 Å². The number of halogens is 3. The van der Waals surface area contributed by atoms with E-state index in [1.807, 2.05) is 0 Å². The summed E-state index contributed by atoms with van der Waals surface area (Å²) in [6, 6.07) is 0. The molecular weight excluding hydrogens is 297 g/mol. The number of carboxylic acid groups (broad SMARTS) is 1. The second kappa shape index (κ2) is 5.39. The molecule has 0 radical (unpaired) electrons. The molecule has 1 fully saturated rings. The van der Waals surface area contributed by atoms with Crippen molar-refractivity contribution >= 4 is 23.2 Å². The van der Waals surface area contributed by atoms with Crippen molar-refractivity contribution in [2.75, 3.05) is 0 Å². The lowest BCUT2D eigenvalue weighted by atomic mass is 9.73. The third kappa shape index (κ3) is 3.09. The minimum atomic E-state index is -4.50. The van der Waals surface area contributed by atoms with Crippen LogP contribution < -0.4 is 5.32 Å². The van der Waals surface area contributed by atoms with Crippen LogP contribution in [0.2, 0.25) is 0 Å². The number of carbonyl (C=O) groups is 2. The third-order valence-electron chi connectivity index (χ3n) is 3.18. The zero-order valence-corrected chi connectivity index (χ0v) is 10.9. The van der Waals surface area contributed by atoms with E-state index in [9.17, 15) is 22.8 Å². The van der Waals surface area contributed by atoms with Crippen LogP contribution in [-0.4, -0.2) is 22.0 Å². The van der Waals surface area contributed by atoms with Gasteiger partial charge in [0.1, 0.15) is 5.01 Å². The van der Waals surface area contributed by atoms with Crippen molar-refractivity contribution in [1.29, 1.82) is 0 Å². The lowest BCUT2D eigenvalue weighted by Crippen LogP contribution is -2.43. The van der Waals surface area contributed by atoms with Gasteiger partial charge in [-0.3, -0.25) is 9.59 Å². The van der Waals surface area contributed by atoms with Crippen molar-refractivity contribution in [3.63, 3.8) is 0 Å². The number of carboxylic acids is 1. The number of nitrogens with one attached hydrogen (secondary N) is 1. The number of aromatic nitrogens is 1. The number of alkyl halides is 3. The predicted octanol–water partition coefficient (Wildman–Crippen LogP) is 1.89. The van der Waals surface area contributed by atoms with Gasteiger partial charge in [-0.2, -0.15) is 13.2 Å². The maximum atomic E-state index is 12.3. The van der Waals surface area contributed by atoms with Gasteiger partial charge in [-0.15, -0.1) is 11.3 Å². The molecule has 1 saturated carbocycles. The fourth-order valence-electron chi connectivity index (χ4n) is 1.93. The van der Waals surface area contributed by atoms with Crippen LogP contribution in [0.3, 0.4) is 0 Å². The average molecular weight is 308 g/mol. The van der Waals surface area contributed by atoms with Crippen LogP contribution in [0.1, 0.15) is 23.5 Å². The van der Waals surface area contributed by atoms with E-state index in [4.69, 9.17) is 5.11 Å². The Morgan fingerprint density at radius 1 is 1.40 bits per heavy atom. The first kappa shape index (κ1) is 14.8. The number of rotatable bonds is 4. The van der Waals surface area contributed by atoms with Gasteiger partial charge in [0.05, 0.1) is 18.4 Å². The summed E-state index contributed by atoms with van der Waals surface area (Å²) in [7, 11) is 0. The molecule has 1 aliphatic carbocycles. The SMILES string of the molecule is O=C(O)C1CCC1C(=O)NCc1nc(C(F)(F)F)cs1. The zero-order chi connectivity index (χ0) is 14.9. The van der Waals surface area contributed by atoms with Crippen LogP contribution in [0.4, 0.5) is 13.2 Å². The Bertz CT molecular complexity index is 529. The molecule has 0 aromatic carbocycles. The molecule has 110 valence electrons. The molecule has 2 atom stereocenters. The van der Waals surface area contributed by atoms with Crippen molar-refractivity contribution in [3.8, 4) is 0 Å². The molecule has 2 rings (SSSR count). The summed E-state index contributed by atoms with van der Waals surface area (Å²) in [5.74, 6) is -2.77.